The number of ether oxygens (including phenoxy) is 1. The minimum Gasteiger partial charge on any atom is -0.450 e. The molecule has 0 bridgehead atoms. The van der Waals surface area contributed by atoms with Gasteiger partial charge in [-0.05, 0) is 38.0 Å². The van der Waals surface area contributed by atoms with Crippen LogP contribution >= 0.6 is 0 Å². The van der Waals surface area contributed by atoms with Crippen LogP contribution in [0.3, 0.4) is 0 Å². The summed E-state index contributed by atoms with van der Waals surface area (Å²) in [6, 6.07) is 5.47. The summed E-state index contributed by atoms with van der Waals surface area (Å²) in [4.78, 5) is 32.8. The van der Waals surface area contributed by atoms with Crippen LogP contribution in [0.25, 0.3) is 11.0 Å². The smallest absolute Gasteiger partial charge is 0.409 e. The number of carbonyl (C=O) groups excluding carboxylic acids is 2. The second-order valence-electron chi connectivity index (χ2n) is 5.57. The van der Waals surface area contributed by atoms with E-state index in [-0.39, 0.29) is 18.0 Å². The molecule has 0 saturated carbocycles. The van der Waals surface area contributed by atoms with Gasteiger partial charge in [0, 0.05) is 24.7 Å². The minimum atomic E-state index is -0.276. The van der Waals surface area contributed by atoms with E-state index in [4.69, 9.17) is 4.74 Å². The van der Waals surface area contributed by atoms with Gasteiger partial charge in [-0.15, -0.1) is 0 Å². The van der Waals surface area contributed by atoms with Crippen molar-refractivity contribution < 1.29 is 14.3 Å². The number of hydrogen-bond acceptors (Lipinski definition) is 4. The molecule has 23 heavy (non-hydrogen) atoms. The molecule has 0 unspecified atom stereocenters. The first kappa shape index (κ1) is 15.3. The number of aromatic amines is 1. The van der Waals surface area contributed by atoms with Crippen molar-refractivity contribution in [2.24, 2.45) is 0 Å². The highest BCUT2D eigenvalue weighted by molar-refractivity contribution is 5.97. The number of aromatic nitrogens is 2. The Labute approximate surface area is 134 Å². The van der Waals surface area contributed by atoms with Gasteiger partial charge in [-0.2, -0.15) is 0 Å². The highest BCUT2D eigenvalue weighted by atomic mass is 16.6. The monoisotopic (exact) mass is 316 g/mol. The van der Waals surface area contributed by atoms with Gasteiger partial charge in [0.25, 0.3) is 5.91 Å². The molecule has 0 spiro atoms. The molecule has 1 aliphatic heterocycles. The van der Waals surface area contributed by atoms with Crippen LogP contribution in [0.4, 0.5) is 4.79 Å². The Kier molecular flexibility index (Phi) is 4.45. The summed E-state index contributed by atoms with van der Waals surface area (Å²) in [6.45, 7) is 3.37. The molecule has 7 heteroatoms. The van der Waals surface area contributed by atoms with Gasteiger partial charge >= 0.3 is 6.09 Å². The Morgan fingerprint density at radius 2 is 2.17 bits per heavy atom. The zero-order valence-corrected chi connectivity index (χ0v) is 13.0. The van der Waals surface area contributed by atoms with Gasteiger partial charge in [0.1, 0.15) is 0 Å². The van der Waals surface area contributed by atoms with Gasteiger partial charge < -0.3 is 19.9 Å². The number of piperidine rings is 1. The summed E-state index contributed by atoms with van der Waals surface area (Å²) in [6.07, 6.45) is 2.80. The zero-order valence-electron chi connectivity index (χ0n) is 13.0. The van der Waals surface area contributed by atoms with Crippen LogP contribution in [-0.2, 0) is 4.74 Å². The van der Waals surface area contributed by atoms with Gasteiger partial charge in [0.2, 0.25) is 0 Å². The SMILES string of the molecule is CCOC(=O)N1CCC(NC(=O)c2ccc3nc[nH]c3c2)CC1. The number of H-pyrrole nitrogens is 1. The Bertz CT molecular complexity index is 704. The lowest BCUT2D eigenvalue weighted by atomic mass is 10.0. The number of amides is 2. The molecular formula is C16H20N4O3. The first-order valence-electron chi connectivity index (χ1n) is 7.83. The van der Waals surface area contributed by atoms with Crippen molar-refractivity contribution in [1.82, 2.24) is 20.2 Å². The van der Waals surface area contributed by atoms with Crippen molar-refractivity contribution in [3.63, 3.8) is 0 Å². The molecule has 0 aliphatic carbocycles. The van der Waals surface area contributed by atoms with Gasteiger partial charge in [0.15, 0.2) is 0 Å². The maximum Gasteiger partial charge on any atom is 0.409 e. The fourth-order valence-electron chi connectivity index (χ4n) is 2.77. The number of likely N-dealkylation sites (tertiary alicyclic amines) is 1. The van der Waals surface area contributed by atoms with E-state index in [1.165, 1.54) is 0 Å². The zero-order chi connectivity index (χ0) is 16.2. The van der Waals surface area contributed by atoms with Crippen LogP contribution in [0.5, 0.6) is 0 Å². The maximum absolute atomic E-state index is 12.3. The molecule has 2 N–H and O–H groups in total. The molecule has 1 aliphatic rings. The predicted molar refractivity (Wildman–Crippen MR) is 85.2 cm³/mol. The van der Waals surface area contributed by atoms with Crippen molar-refractivity contribution in [3.8, 4) is 0 Å². The Morgan fingerprint density at radius 3 is 2.91 bits per heavy atom. The number of nitrogens with one attached hydrogen (secondary N) is 2. The third-order valence-electron chi connectivity index (χ3n) is 4.04. The molecule has 7 nitrogen and oxygen atoms in total. The Morgan fingerprint density at radius 1 is 1.39 bits per heavy atom. The molecule has 1 saturated heterocycles. The van der Waals surface area contributed by atoms with E-state index < -0.39 is 0 Å². The first-order valence-corrected chi connectivity index (χ1v) is 7.83. The lowest BCUT2D eigenvalue weighted by Gasteiger charge is -2.31. The van der Waals surface area contributed by atoms with Crippen molar-refractivity contribution in [1.29, 1.82) is 0 Å². The molecule has 2 amide bonds. The average molecular weight is 316 g/mol. The molecule has 3 rings (SSSR count). The summed E-state index contributed by atoms with van der Waals surface area (Å²) in [5.41, 5.74) is 2.29. The second kappa shape index (κ2) is 6.68. The van der Waals surface area contributed by atoms with Gasteiger partial charge in [-0.3, -0.25) is 4.79 Å². The van der Waals surface area contributed by atoms with Crippen molar-refractivity contribution in [2.75, 3.05) is 19.7 Å². The van der Waals surface area contributed by atoms with Crippen LogP contribution in [0.2, 0.25) is 0 Å². The number of rotatable bonds is 3. The number of benzene rings is 1. The standard InChI is InChI=1S/C16H20N4O3/c1-2-23-16(22)20-7-5-12(6-8-20)19-15(21)11-3-4-13-14(9-11)18-10-17-13/h3-4,9-10,12H,2,5-8H2,1H3,(H,17,18)(H,19,21). The maximum atomic E-state index is 12.3. The van der Waals surface area contributed by atoms with Gasteiger partial charge in [-0.1, -0.05) is 0 Å². The van der Waals surface area contributed by atoms with Crippen LogP contribution in [0.15, 0.2) is 24.5 Å². The minimum absolute atomic E-state index is 0.0747. The summed E-state index contributed by atoms with van der Waals surface area (Å²) in [5, 5.41) is 3.03. The van der Waals surface area contributed by atoms with E-state index in [9.17, 15) is 9.59 Å². The summed E-state index contributed by atoms with van der Waals surface area (Å²) >= 11 is 0. The van der Waals surface area contributed by atoms with Gasteiger partial charge in [-0.25, -0.2) is 9.78 Å². The third kappa shape index (κ3) is 3.44. The number of nitrogens with zero attached hydrogens (tertiary/aromatic N) is 2. The fraction of sp³-hybridized carbons (Fsp3) is 0.438. The summed E-state index contributed by atoms with van der Waals surface area (Å²) < 4.78 is 4.99. The largest absolute Gasteiger partial charge is 0.450 e. The van der Waals surface area contributed by atoms with Crippen LogP contribution in [0.1, 0.15) is 30.1 Å². The van der Waals surface area contributed by atoms with Crippen molar-refractivity contribution >= 4 is 23.0 Å². The van der Waals surface area contributed by atoms with Crippen molar-refractivity contribution in [3.05, 3.63) is 30.1 Å². The molecular weight excluding hydrogens is 296 g/mol. The van der Waals surface area contributed by atoms with Crippen molar-refractivity contribution in [2.45, 2.75) is 25.8 Å². The van der Waals surface area contributed by atoms with E-state index in [0.717, 1.165) is 23.9 Å². The molecule has 1 aromatic heterocycles. The van der Waals surface area contributed by atoms with Crippen LogP contribution in [0, 0.1) is 0 Å². The molecule has 122 valence electrons. The number of hydrogen-bond donors (Lipinski definition) is 2. The van der Waals surface area contributed by atoms with E-state index >= 15 is 0 Å². The third-order valence-corrected chi connectivity index (χ3v) is 4.04. The summed E-state index contributed by atoms with van der Waals surface area (Å²) in [5.74, 6) is -0.101. The van der Waals surface area contributed by atoms with Gasteiger partial charge in [0.05, 0.1) is 24.0 Å². The Balaban J connectivity index is 1.55. The number of imidazole rings is 1. The van der Waals surface area contributed by atoms with Crippen LogP contribution < -0.4 is 5.32 Å². The fourth-order valence-corrected chi connectivity index (χ4v) is 2.77. The lowest BCUT2D eigenvalue weighted by Crippen LogP contribution is -2.46. The van der Waals surface area contributed by atoms with E-state index in [0.29, 0.717) is 25.3 Å². The Hall–Kier alpha value is -2.57. The molecule has 0 radical (unpaired) electrons. The van der Waals surface area contributed by atoms with Crippen LogP contribution in [-0.4, -0.2) is 52.6 Å². The number of carbonyl (C=O) groups is 2. The molecule has 1 aromatic carbocycles. The first-order chi connectivity index (χ1) is 11.2. The van der Waals surface area contributed by atoms with E-state index in [1.807, 2.05) is 6.07 Å². The molecule has 2 aromatic rings. The highest BCUT2D eigenvalue weighted by Gasteiger charge is 2.24. The summed E-state index contributed by atoms with van der Waals surface area (Å²) in [7, 11) is 0. The molecule has 2 heterocycles. The average Bonchev–Trinajstić information content (AvgIpc) is 3.03. The topological polar surface area (TPSA) is 87.3 Å². The lowest BCUT2D eigenvalue weighted by molar-refractivity contribution is 0.0860. The normalized spacial score (nSPS) is 15.6. The molecule has 1 fully saturated rings. The number of fused-ring (bicyclic) bond motifs is 1. The quantitative estimate of drug-likeness (QED) is 0.905. The predicted octanol–water partition coefficient (Wildman–Crippen LogP) is 1.91. The molecule has 0 atom stereocenters. The van der Waals surface area contributed by atoms with E-state index in [1.54, 1.807) is 30.3 Å². The van der Waals surface area contributed by atoms with E-state index in [2.05, 4.69) is 15.3 Å². The second-order valence-corrected chi connectivity index (χ2v) is 5.57. The highest BCUT2D eigenvalue weighted by Crippen LogP contribution is 2.14.